The second kappa shape index (κ2) is 6.87. The van der Waals surface area contributed by atoms with Gasteiger partial charge in [0.25, 0.3) is 0 Å². The van der Waals surface area contributed by atoms with Crippen molar-refractivity contribution in [2.45, 2.75) is 39.7 Å². The average molecular weight is 244 g/mol. The largest absolute Gasteiger partial charge is 0.316 e. The summed E-state index contributed by atoms with van der Waals surface area (Å²) in [6.07, 6.45) is 2.60. The minimum Gasteiger partial charge on any atom is -0.316 e. The molecule has 2 nitrogen and oxygen atoms in total. The van der Waals surface area contributed by atoms with Gasteiger partial charge in [0.2, 0.25) is 0 Å². The molecule has 96 valence electrons. The van der Waals surface area contributed by atoms with Gasteiger partial charge in [-0.25, -0.2) is 0 Å². The van der Waals surface area contributed by atoms with Crippen LogP contribution < -0.4 is 5.32 Å². The maximum Gasteiger partial charge on any atom is 0.0191 e. The molecule has 0 radical (unpaired) electrons. The summed E-state index contributed by atoms with van der Waals surface area (Å²) in [6, 6.07) is 0.815. The second-order valence-electron chi connectivity index (χ2n) is 5.77. The third-order valence-electron chi connectivity index (χ3n) is 3.24. The summed E-state index contributed by atoms with van der Waals surface area (Å²) in [7, 11) is 2.29. The van der Waals surface area contributed by atoms with Gasteiger partial charge in [-0.2, -0.15) is 11.8 Å². The van der Waals surface area contributed by atoms with Gasteiger partial charge in [0.05, 0.1) is 0 Å². The first-order valence-electron chi connectivity index (χ1n) is 6.54. The highest BCUT2D eigenvalue weighted by Gasteiger charge is 2.26. The number of nitrogens with zero attached hydrogens (tertiary/aromatic N) is 1. The molecule has 0 saturated carbocycles. The molecule has 1 rings (SSSR count). The highest BCUT2D eigenvalue weighted by molar-refractivity contribution is 7.99. The smallest absolute Gasteiger partial charge is 0.0191 e. The summed E-state index contributed by atoms with van der Waals surface area (Å²) in [5, 5.41) is 3.54. The fraction of sp³-hybridized carbons (Fsp3) is 1.00. The summed E-state index contributed by atoms with van der Waals surface area (Å²) in [6.45, 7) is 10.4. The van der Waals surface area contributed by atoms with E-state index in [9.17, 15) is 0 Å². The van der Waals surface area contributed by atoms with Crippen LogP contribution in [0, 0.1) is 5.41 Å². The maximum absolute atomic E-state index is 3.54. The Labute approximate surface area is 106 Å². The molecule has 1 unspecified atom stereocenters. The summed E-state index contributed by atoms with van der Waals surface area (Å²) in [4.78, 5) is 2.56. The van der Waals surface area contributed by atoms with E-state index in [0.717, 1.165) is 19.1 Å². The number of nitrogens with one attached hydrogen (secondary N) is 1. The summed E-state index contributed by atoms with van der Waals surface area (Å²) in [5.41, 5.74) is 0.386. The molecule has 1 heterocycles. The SMILES string of the molecule is CCCNCC(C)(C)CN(C)C1CCSC1. The van der Waals surface area contributed by atoms with Gasteiger partial charge in [0.15, 0.2) is 0 Å². The third-order valence-corrected chi connectivity index (χ3v) is 4.38. The van der Waals surface area contributed by atoms with Gasteiger partial charge in [0.1, 0.15) is 0 Å². The molecule has 0 amide bonds. The van der Waals surface area contributed by atoms with Gasteiger partial charge in [-0.15, -0.1) is 0 Å². The topological polar surface area (TPSA) is 15.3 Å². The van der Waals surface area contributed by atoms with Crippen molar-refractivity contribution in [1.29, 1.82) is 0 Å². The van der Waals surface area contributed by atoms with Crippen molar-refractivity contribution in [3.05, 3.63) is 0 Å². The fourth-order valence-electron chi connectivity index (χ4n) is 2.33. The number of rotatable bonds is 7. The zero-order valence-electron chi connectivity index (χ0n) is 11.4. The molecule has 0 aromatic carbocycles. The normalized spacial score (nSPS) is 21.9. The molecule has 1 saturated heterocycles. The molecule has 0 aromatic rings. The van der Waals surface area contributed by atoms with Crippen molar-refractivity contribution in [2.75, 3.05) is 38.2 Å². The van der Waals surface area contributed by atoms with Crippen molar-refractivity contribution in [3.63, 3.8) is 0 Å². The van der Waals surface area contributed by atoms with Crippen molar-refractivity contribution in [2.24, 2.45) is 5.41 Å². The number of hydrogen-bond acceptors (Lipinski definition) is 3. The van der Waals surface area contributed by atoms with E-state index in [1.165, 1.54) is 30.9 Å². The molecule has 1 fully saturated rings. The van der Waals surface area contributed by atoms with Crippen molar-refractivity contribution in [1.82, 2.24) is 10.2 Å². The molecule has 1 aliphatic rings. The van der Waals surface area contributed by atoms with E-state index < -0.39 is 0 Å². The lowest BCUT2D eigenvalue weighted by atomic mass is 9.92. The first-order chi connectivity index (χ1) is 7.55. The predicted molar refractivity (Wildman–Crippen MR) is 75.3 cm³/mol. The van der Waals surface area contributed by atoms with Gasteiger partial charge in [-0.1, -0.05) is 20.8 Å². The van der Waals surface area contributed by atoms with E-state index in [1.54, 1.807) is 0 Å². The number of hydrogen-bond donors (Lipinski definition) is 1. The third kappa shape index (κ3) is 5.07. The Balaban J connectivity index is 2.26. The van der Waals surface area contributed by atoms with Crippen LogP contribution >= 0.6 is 11.8 Å². The highest BCUT2D eigenvalue weighted by atomic mass is 32.2. The lowest BCUT2D eigenvalue weighted by molar-refractivity contribution is 0.168. The molecule has 1 atom stereocenters. The molecule has 0 bridgehead atoms. The van der Waals surface area contributed by atoms with E-state index in [1.807, 2.05) is 0 Å². The summed E-state index contributed by atoms with van der Waals surface area (Å²) in [5.74, 6) is 2.68. The zero-order valence-corrected chi connectivity index (χ0v) is 12.2. The van der Waals surface area contributed by atoms with E-state index in [2.05, 4.69) is 49.8 Å². The van der Waals surface area contributed by atoms with E-state index in [4.69, 9.17) is 0 Å². The maximum atomic E-state index is 3.54. The monoisotopic (exact) mass is 244 g/mol. The highest BCUT2D eigenvalue weighted by Crippen LogP contribution is 2.24. The van der Waals surface area contributed by atoms with Crippen LogP contribution in [-0.4, -0.2) is 49.1 Å². The second-order valence-corrected chi connectivity index (χ2v) is 6.92. The van der Waals surface area contributed by atoms with Crippen LogP contribution in [0.4, 0.5) is 0 Å². The van der Waals surface area contributed by atoms with E-state index >= 15 is 0 Å². The van der Waals surface area contributed by atoms with Crippen molar-refractivity contribution in [3.8, 4) is 0 Å². The van der Waals surface area contributed by atoms with Crippen LogP contribution in [0.3, 0.4) is 0 Å². The van der Waals surface area contributed by atoms with Crippen LogP contribution in [0.15, 0.2) is 0 Å². The quantitative estimate of drug-likeness (QED) is 0.693. The standard InChI is InChI=1S/C13H28N2S/c1-5-7-14-10-13(2,3)11-15(4)12-6-8-16-9-12/h12,14H,5-11H2,1-4H3. The van der Waals surface area contributed by atoms with Crippen LogP contribution in [0.25, 0.3) is 0 Å². The first-order valence-corrected chi connectivity index (χ1v) is 7.69. The first kappa shape index (κ1) is 14.3. The number of thioether (sulfide) groups is 1. The predicted octanol–water partition coefficient (Wildman–Crippen LogP) is 2.45. The lowest BCUT2D eigenvalue weighted by Crippen LogP contribution is -2.43. The molecule has 3 heteroatoms. The van der Waals surface area contributed by atoms with Gasteiger partial charge >= 0.3 is 0 Å². The molecular formula is C13H28N2S. The Hall–Kier alpha value is 0.270. The zero-order chi connectivity index (χ0) is 12.0. The summed E-state index contributed by atoms with van der Waals surface area (Å²) >= 11 is 2.10. The molecule has 0 aromatic heterocycles. The Morgan fingerprint density at radius 2 is 2.19 bits per heavy atom. The van der Waals surface area contributed by atoms with Gasteiger partial charge in [-0.05, 0) is 37.6 Å². The Kier molecular flexibility index (Phi) is 6.16. The average Bonchev–Trinajstić information content (AvgIpc) is 2.69. The Bertz CT molecular complexity index is 188. The van der Waals surface area contributed by atoms with Gasteiger partial charge in [-0.3, -0.25) is 0 Å². The Morgan fingerprint density at radius 3 is 2.75 bits per heavy atom. The van der Waals surface area contributed by atoms with Crippen LogP contribution in [0.1, 0.15) is 33.6 Å². The van der Waals surface area contributed by atoms with Gasteiger partial charge < -0.3 is 10.2 Å². The molecule has 1 aliphatic heterocycles. The molecule has 0 aliphatic carbocycles. The van der Waals surface area contributed by atoms with Gasteiger partial charge in [0, 0.05) is 24.9 Å². The molecular weight excluding hydrogens is 216 g/mol. The fourth-order valence-corrected chi connectivity index (χ4v) is 3.63. The minimum atomic E-state index is 0.386. The minimum absolute atomic E-state index is 0.386. The summed E-state index contributed by atoms with van der Waals surface area (Å²) < 4.78 is 0. The molecule has 0 spiro atoms. The van der Waals surface area contributed by atoms with Crippen molar-refractivity contribution < 1.29 is 0 Å². The molecule has 1 N–H and O–H groups in total. The Morgan fingerprint density at radius 1 is 1.44 bits per heavy atom. The van der Waals surface area contributed by atoms with Crippen LogP contribution in [0.5, 0.6) is 0 Å². The van der Waals surface area contributed by atoms with Crippen LogP contribution in [-0.2, 0) is 0 Å². The van der Waals surface area contributed by atoms with E-state index in [0.29, 0.717) is 5.41 Å². The lowest BCUT2D eigenvalue weighted by Gasteiger charge is -2.33. The molecule has 16 heavy (non-hydrogen) atoms. The van der Waals surface area contributed by atoms with Crippen LogP contribution in [0.2, 0.25) is 0 Å². The van der Waals surface area contributed by atoms with E-state index in [-0.39, 0.29) is 0 Å². The van der Waals surface area contributed by atoms with Crippen molar-refractivity contribution >= 4 is 11.8 Å².